The third-order valence-corrected chi connectivity index (χ3v) is 3.43. The summed E-state index contributed by atoms with van der Waals surface area (Å²) in [6.45, 7) is 5.39. The van der Waals surface area contributed by atoms with Crippen LogP contribution in [0.5, 0.6) is 0 Å². The Hall–Kier alpha value is -1.92. The van der Waals surface area contributed by atoms with Gasteiger partial charge in [-0.15, -0.1) is 6.42 Å². The molecule has 0 fully saturated rings. The molecule has 0 atom stereocenters. The van der Waals surface area contributed by atoms with E-state index in [1.54, 1.807) is 0 Å². The van der Waals surface area contributed by atoms with Crippen LogP contribution >= 0.6 is 11.6 Å². The molecule has 2 rings (SSSR count). The molecule has 0 amide bonds. The largest absolute Gasteiger partial charge is 0.379 e. The SMILES string of the molecule is C#Cc1cccc(NCc2c(Cl)c(C)nn2CC)c1. The zero-order valence-electron chi connectivity index (χ0n) is 11.1. The number of rotatable bonds is 4. The number of nitrogens with one attached hydrogen (secondary N) is 1. The zero-order chi connectivity index (χ0) is 13.8. The van der Waals surface area contributed by atoms with E-state index in [9.17, 15) is 0 Å². The topological polar surface area (TPSA) is 29.9 Å². The van der Waals surface area contributed by atoms with Crippen molar-refractivity contribution in [2.24, 2.45) is 0 Å². The maximum absolute atomic E-state index is 6.26. The molecule has 0 bridgehead atoms. The molecule has 0 aliphatic carbocycles. The first-order valence-electron chi connectivity index (χ1n) is 6.18. The predicted octanol–water partition coefficient (Wildman–Crippen LogP) is 3.46. The van der Waals surface area contributed by atoms with Crippen molar-refractivity contribution in [3.63, 3.8) is 0 Å². The first kappa shape index (κ1) is 13.5. The van der Waals surface area contributed by atoms with Crippen LogP contribution in [0.1, 0.15) is 23.9 Å². The molecule has 1 N–H and O–H groups in total. The summed E-state index contributed by atoms with van der Waals surface area (Å²) in [5, 5.41) is 8.44. The average molecular weight is 274 g/mol. The van der Waals surface area contributed by atoms with Gasteiger partial charge >= 0.3 is 0 Å². The van der Waals surface area contributed by atoms with Gasteiger partial charge in [-0.25, -0.2) is 0 Å². The van der Waals surface area contributed by atoms with Crippen LogP contribution in [0.2, 0.25) is 5.02 Å². The molecule has 1 aromatic carbocycles. The van der Waals surface area contributed by atoms with Gasteiger partial charge in [0.05, 0.1) is 23.0 Å². The monoisotopic (exact) mass is 273 g/mol. The molecule has 0 aliphatic rings. The Bertz CT molecular complexity index is 623. The minimum absolute atomic E-state index is 0.627. The lowest BCUT2D eigenvalue weighted by atomic mass is 10.2. The minimum Gasteiger partial charge on any atom is -0.379 e. The Kier molecular flexibility index (Phi) is 4.13. The molecule has 4 heteroatoms. The Morgan fingerprint density at radius 1 is 1.47 bits per heavy atom. The van der Waals surface area contributed by atoms with Crippen LogP contribution in [0.3, 0.4) is 0 Å². The number of anilines is 1. The highest BCUT2D eigenvalue weighted by Crippen LogP contribution is 2.21. The lowest BCUT2D eigenvalue weighted by Crippen LogP contribution is -2.08. The number of aromatic nitrogens is 2. The molecular weight excluding hydrogens is 258 g/mol. The molecule has 0 unspecified atom stereocenters. The fraction of sp³-hybridized carbons (Fsp3) is 0.267. The second-order valence-corrected chi connectivity index (χ2v) is 4.62. The highest BCUT2D eigenvalue weighted by atomic mass is 35.5. The number of hydrogen-bond donors (Lipinski definition) is 1. The Labute approximate surface area is 118 Å². The standard InChI is InChI=1S/C15H16ClN3/c1-4-12-7-6-8-13(9-12)17-10-14-15(16)11(3)18-19(14)5-2/h1,6-9,17H,5,10H2,2-3H3. The van der Waals surface area contributed by atoms with Crippen molar-refractivity contribution in [3.05, 3.63) is 46.2 Å². The van der Waals surface area contributed by atoms with E-state index in [4.69, 9.17) is 18.0 Å². The van der Waals surface area contributed by atoms with E-state index in [1.807, 2.05) is 42.8 Å². The molecule has 0 saturated heterocycles. The summed E-state index contributed by atoms with van der Waals surface area (Å²) in [4.78, 5) is 0. The number of hydrogen-bond acceptors (Lipinski definition) is 2. The maximum atomic E-state index is 6.26. The Morgan fingerprint density at radius 3 is 2.95 bits per heavy atom. The van der Waals surface area contributed by atoms with Gasteiger partial charge in [0.15, 0.2) is 0 Å². The summed E-state index contributed by atoms with van der Waals surface area (Å²) in [6, 6.07) is 7.75. The summed E-state index contributed by atoms with van der Waals surface area (Å²) in [7, 11) is 0. The van der Waals surface area contributed by atoms with Crippen LogP contribution in [0.4, 0.5) is 5.69 Å². The molecule has 1 aromatic heterocycles. The van der Waals surface area contributed by atoms with Crippen molar-refractivity contribution < 1.29 is 0 Å². The van der Waals surface area contributed by atoms with Crippen molar-refractivity contribution in [2.75, 3.05) is 5.32 Å². The summed E-state index contributed by atoms with van der Waals surface area (Å²) >= 11 is 6.26. The van der Waals surface area contributed by atoms with Gasteiger partial charge in [0.25, 0.3) is 0 Å². The van der Waals surface area contributed by atoms with Crippen molar-refractivity contribution in [1.82, 2.24) is 9.78 Å². The summed E-state index contributed by atoms with van der Waals surface area (Å²) in [6.07, 6.45) is 5.39. The van der Waals surface area contributed by atoms with Crippen molar-refractivity contribution >= 4 is 17.3 Å². The summed E-state index contributed by atoms with van der Waals surface area (Å²) in [5.41, 5.74) is 3.69. The van der Waals surface area contributed by atoms with E-state index in [0.29, 0.717) is 6.54 Å². The number of aryl methyl sites for hydroxylation is 2. The van der Waals surface area contributed by atoms with Gasteiger partial charge in [0.1, 0.15) is 0 Å². The molecule has 0 radical (unpaired) electrons. The van der Waals surface area contributed by atoms with Crippen LogP contribution in [0.15, 0.2) is 24.3 Å². The summed E-state index contributed by atoms with van der Waals surface area (Å²) < 4.78 is 1.91. The molecular formula is C15H16ClN3. The number of benzene rings is 1. The fourth-order valence-electron chi connectivity index (χ4n) is 1.94. The number of nitrogens with zero attached hydrogens (tertiary/aromatic N) is 2. The van der Waals surface area contributed by atoms with Crippen LogP contribution in [0.25, 0.3) is 0 Å². The van der Waals surface area contributed by atoms with E-state index < -0.39 is 0 Å². The van der Waals surface area contributed by atoms with E-state index in [0.717, 1.165) is 34.2 Å². The highest BCUT2D eigenvalue weighted by Gasteiger charge is 2.11. The summed E-state index contributed by atoms with van der Waals surface area (Å²) in [5.74, 6) is 2.62. The zero-order valence-corrected chi connectivity index (χ0v) is 11.8. The van der Waals surface area contributed by atoms with E-state index in [2.05, 4.69) is 16.3 Å². The van der Waals surface area contributed by atoms with E-state index in [1.165, 1.54) is 0 Å². The van der Waals surface area contributed by atoms with Crippen molar-refractivity contribution in [2.45, 2.75) is 26.9 Å². The third-order valence-electron chi connectivity index (χ3n) is 2.94. The minimum atomic E-state index is 0.627. The molecule has 98 valence electrons. The van der Waals surface area contributed by atoms with Crippen LogP contribution in [-0.4, -0.2) is 9.78 Å². The van der Waals surface area contributed by atoms with Crippen molar-refractivity contribution in [3.8, 4) is 12.3 Å². The van der Waals surface area contributed by atoms with Gasteiger partial charge in [-0.05, 0) is 32.0 Å². The molecule has 19 heavy (non-hydrogen) atoms. The lowest BCUT2D eigenvalue weighted by Gasteiger charge is -2.09. The first-order chi connectivity index (χ1) is 9.15. The van der Waals surface area contributed by atoms with Crippen molar-refractivity contribution in [1.29, 1.82) is 0 Å². The molecule has 3 nitrogen and oxygen atoms in total. The molecule has 0 aliphatic heterocycles. The average Bonchev–Trinajstić information content (AvgIpc) is 2.72. The Balaban J connectivity index is 2.16. The first-order valence-corrected chi connectivity index (χ1v) is 6.55. The normalized spacial score (nSPS) is 10.2. The third kappa shape index (κ3) is 2.91. The number of halogens is 1. The Morgan fingerprint density at radius 2 is 2.26 bits per heavy atom. The molecule has 0 saturated carbocycles. The quantitative estimate of drug-likeness (QED) is 0.865. The maximum Gasteiger partial charge on any atom is 0.0865 e. The fourth-order valence-corrected chi connectivity index (χ4v) is 2.14. The molecule has 2 aromatic rings. The van der Waals surface area contributed by atoms with Crippen LogP contribution < -0.4 is 5.32 Å². The van der Waals surface area contributed by atoms with E-state index in [-0.39, 0.29) is 0 Å². The molecule has 1 heterocycles. The second kappa shape index (κ2) is 5.81. The second-order valence-electron chi connectivity index (χ2n) is 4.24. The highest BCUT2D eigenvalue weighted by molar-refractivity contribution is 6.31. The van der Waals surface area contributed by atoms with Gasteiger partial charge in [-0.3, -0.25) is 4.68 Å². The van der Waals surface area contributed by atoms with Crippen LogP contribution in [0, 0.1) is 19.3 Å². The molecule has 0 spiro atoms. The van der Waals surface area contributed by atoms with Gasteiger partial charge < -0.3 is 5.32 Å². The van der Waals surface area contributed by atoms with Crippen LogP contribution in [-0.2, 0) is 13.1 Å². The predicted molar refractivity (Wildman–Crippen MR) is 79.4 cm³/mol. The van der Waals surface area contributed by atoms with E-state index >= 15 is 0 Å². The lowest BCUT2D eigenvalue weighted by molar-refractivity contribution is 0.623. The van der Waals surface area contributed by atoms with Gasteiger partial charge in [0.2, 0.25) is 0 Å². The van der Waals surface area contributed by atoms with Gasteiger partial charge in [0, 0.05) is 17.8 Å². The van der Waals surface area contributed by atoms with Gasteiger partial charge in [-0.1, -0.05) is 23.6 Å². The number of terminal acetylenes is 1. The van der Waals surface area contributed by atoms with Gasteiger partial charge in [-0.2, -0.15) is 5.10 Å². The smallest absolute Gasteiger partial charge is 0.0865 e.